The predicted molar refractivity (Wildman–Crippen MR) is 110 cm³/mol. The maximum Gasteiger partial charge on any atom is 0.419 e. The van der Waals surface area contributed by atoms with E-state index in [1.165, 1.54) is 37.3 Å². The van der Waals surface area contributed by atoms with Crippen LogP contribution in [0.2, 0.25) is 0 Å². The number of alkyl halides is 4. The van der Waals surface area contributed by atoms with Crippen molar-refractivity contribution in [2.45, 2.75) is 51.1 Å². The molecular formula is C25H27F5. The molecule has 162 valence electrons. The zero-order valence-corrected chi connectivity index (χ0v) is 16.9. The van der Waals surface area contributed by atoms with E-state index in [1.54, 1.807) is 6.08 Å². The van der Waals surface area contributed by atoms with Gasteiger partial charge in [0.15, 0.2) is 0 Å². The molecule has 5 heteroatoms. The number of aryl methyl sites for hydroxylation is 1. The van der Waals surface area contributed by atoms with Crippen molar-refractivity contribution in [3.05, 3.63) is 71.6 Å². The monoisotopic (exact) mass is 422 g/mol. The van der Waals surface area contributed by atoms with E-state index in [-0.39, 0.29) is 6.67 Å². The molecule has 0 nitrogen and oxygen atoms in total. The number of rotatable bonds is 7. The van der Waals surface area contributed by atoms with Gasteiger partial charge in [-0.1, -0.05) is 55.3 Å². The Hall–Kier alpha value is -2.17. The van der Waals surface area contributed by atoms with Gasteiger partial charge < -0.3 is 0 Å². The molecule has 2 aromatic carbocycles. The molecule has 0 N–H and O–H groups in total. The highest BCUT2D eigenvalue weighted by molar-refractivity contribution is 5.64. The standard InChI is InChI=1S/C25H27F5/c26-16-2-1-3-18-4-6-19(7-5-18)8-9-20-10-12-21(13-11-20)22-14-15-23(24(27)17-22)25(28,29)30/h1-2,10-15,17-19H,3-9,16H2/b2-1+. The highest BCUT2D eigenvalue weighted by atomic mass is 19.4. The number of benzene rings is 2. The minimum absolute atomic E-state index is 0.387. The molecule has 0 unspecified atom stereocenters. The molecule has 30 heavy (non-hydrogen) atoms. The van der Waals surface area contributed by atoms with Crippen molar-refractivity contribution in [2.24, 2.45) is 11.8 Å². The molecule has 0 saturated heterocycles. The summed E-state index contributed by atoms with van der Waals surface area (Å²) in [5.41, 5.74) is 1.08. The van der Waals surface area contributed by atoms with Crippen LogP contribution in [0, 0.1) is 17.7 Å². The maximum atomic E-state index is 13.8. The van der Waals surface area contributed by atoms with Gasteiger partial charge >= 0.3 is 6.18 Å². The van der Waals surface area contributed by atoms with Crippen LogP contribution in [0.1, 0.15) is 49.7 Å². The lowest BCUT2D eigenvalue weighted by atomic mass is 9.78. The van der Waals surface area contributed by atoms with Crippen molar-refractivity contribution in [1.29, 1.82) is 0 Å². The van der Waals surface area contributed by atoms with Crippen LogP contribution in [0.5, 0.6) is 0 Å². The summed E-state index contributed by atoms with van der Waals surface area (Å²) in [6.45, 7) is -0.387. The Morgan fingerprint density at radius 1 is 0.833 bits per heavy atom. The van der Waals surface area contributed by atoms with Gasteiger partial charge in [-0.2, -0.15) is 13.2 Å². The van der Waals surface area contributed by atoms with Gasteiger partial charge in [-0.25, -0.2) is 8.78 Å². The Morgan fingerprint density at radius 3 is 2.07 bits per heavy atom. The van der Waals surface area contributed by atoms with Crippen LogP contribution >= 0.6 is 0 Å². The van der Waals surface area contributed by atoms with E-state index in [0.29, 0.717) is 23.0 Å². The van der Waals surface area contributed by atoms with Gasteiger partial charge in [0.2, 0.25) is 0 Å². The second-order valence-electron chi connectivity index (χ2n) is 8.18. The van der Waals surface area contributed by atoms with Crippen molar-refractivity contribution in [3.8, 4) is 11.1 Å². The Balaban J connectivity index is 1.51. The Bertz CT molecular complexity index is 828. The van der Waals surface area contributed by atoms with Crippen LogP contribution in [0.25, 0.3) is 11.1 Å². The first-order valence-electron chi connectivity index (χ1n) is 10.5. The summed E-state index contributed by atoms with van der Waals surface area (Å²) in [4.78, 5) is 0. The lowest BCUT2D eigenvalue weighted by Crippen LogP contribution is -2.14. The number of hydrogen-bond donors (Lipinski definition) is 0. The topological polar surface area (TPSA) is 0 Å². The summed E-state index contributed by atoms with van der Waals surface area (Å²) >= 11 is 0. The first kappa shape index (κ1) is 22.5. The summed E-state index contributed by atoms with van der Waals surface area (Å²) in [5.74, 6) is 0.127. The minimum Gasteiger partial charge on any atom is -0.247 e. The molecule has 0 bridgehead atoms. The SMILES string of the molecule is FC/C=C/CC1CCC(CCc2ccc(-c3ccc(C(F)(F)F)c(F)c3)cc2)CC1. The van der Waals surface area contributed by atoms with E-state index >= 15 is 0 Å². The van der Waals surface area contributed by atoms with Crippen LogP contribution in [0.15, 0.2) is 54.6 Å². The quantitative estimate of drug-likeness (QED) is 0.312. The average Bonchev–Trinajstić information content (AvgIpc) is 2.73. The number of hydrogen-bond acceptors (Lipinski definition) is 0. The zero-order chi connectivity index (χ0) is 21.6. The molecule has 0 amide bonds. The van der Waals surface area contributed by atoms with Crippen molar-refractivity contribution in [3.63, 3.8) is 0 Å². The van der Waals surface area contributed by atoms with Crippen molar-refractivity contribution in [1.82, 2.24) is 0 Å². The summed E-state index contributed by atoms with van der Waals surface area (Å²) in [6.07, 6.45) is 6.71. The van der Waals surface area contributed by atoms with E-state index < -0.39 is 17.6 Å². The van der Waals surface area contributed by atoms with Crippen LogP contribution in [-0.4, -0.2) is 6.67 Å². The molecular weight excluding hydrogens is 395 g/mol. The van der Waals surface area contributed by atoms with Gasteiger partial charge in [-0.05, 0) is 72.8 Å². The van der Waals surface area contributed by atoms with Gasteiger partial charge in [-0.15, -0.1) is 0 Å². The lowest BCUT2D eigenvalue weighted by molar-refractivity contribution is -0.139. The third-order valence-corrected chi connectivity index (χ3v) is 6.09. The fraction of sp³-hybridized carbons (Fsp3) is 0.440. The smallest absolute Gasteiger partial charge is 0.247 e. The van der Waals surface area contributed by atoms with Crippen LogP contribution < -0.4 is 0 Å². The van der Waals surface area contributed by atoms with Crippen LogP contribution in [0.4, 0.5) is 22.0 Å². The maximum absolute atomic E-state index is 13.8. The summed E-state index contributed by atoms with van der Waals surface area (Å²) in [7, 11) is 0. The fourth-order valence-corrected chi connectivity index (χ4v) is 4.27. The Kier molecular flexibility index (Phi) is 7.68. The van der Waals surface area contributed by atoms with E-state index in [0.717, 1.165) is 31.4 Å². The second kappa shape index (κ2) is 10.2. The molecule has 0 aromatic heterocycles. The third kappa shape index (κ3) is 6.16. The average molecular weight is 422 g/mol. The molecule has 1 aliphatic carbocycles. The number of halogens is 5. The Labute approximate surface area is 174 Å². The van der Waals surface area contributed by atoms with Crippen molar-refractivity contribution < 1.29 is 22.0 Å². The molecule has 0 aliphatic heterocycles. The number of allylic oxidation sites excluding steroid dienone is 2. The fourth-order valence-electron chi connectivity index (χ4n) is 4.27. The molecule has 1 aliphatic rings. The van der Waals surface area contributed by atoms with E-state index in [2.05, 4.69) is 0 Å². The van der Waals surface area contributed by atoms with E-state index in [1.807, 2.05) is 30.3 Å². The summed E-state index contributed by atoms with van der Waals surface area (Å²) in [5, 5.41) is 0. The molecule has 3 rings (SSSR count). The second-order valence-corrected chi connectivity index (χ2v) is 8.18. The summed E-state index contributed by atoms with van der Waals surface area (Å²) in [6, 6.07) is 10.7. The van der Waals surface area contributed by atoms with Gasteiger partial charge in [-0.3, -0.25) is 0 Å². The first-order valence-corrected chi connectivity index (χ1v) is 10.5. The van der Waals surface area contributed by atoms with Crippen molar-refractivity contribution in [2.75, 3.05) is 6.67 Å². The van der Waals surface area contributed by atoms with Gasteiger partial charge in [0.25, 0.3) is 0 Å². The van der Waals surface area contributed by atoms with Crippen LogP contribution in [-0.2, 0) is 12.6 Å². The molecule has 2 aromatic rings. The highest BCUT2D eigenvalue weighted by Gasteiger charge is 2.33. The molecule has 0 radical (unpaired) electrons. The largest absolute Gasteiger partial charge is 0.419 e. The minimum atomic E-state index is -4.68. The van der Waals surface area contributed by atoms with Gasteiger partial charge in [0.05, 0.1) is 5.56 Å². The first-order chi connectivity index (χ1) is 14.4. The Morgan fingerprint density at radius 2 is 1.47 bits per heavy atom. The normalized spacial score (nSPS) is 20.0. The summed E-state index contributed by atoms with van der Waals surface area (Å²) < 4.78 is 64.1. The molecule has 0 heterocycles. The lowest BCUT2D eigenvalue weighted by Gasteiger charge is -2.28. The molecule has 1 fully saturated rings. The van der Waals surface area contributed by atoms with Gasteiger partial charge in [0, 0.05) is 0 Å². The van der Waals surface area contributed by atoms with E-state index in [4.69, 9.17) is 0 Å². The van der Waals surface area contributed by atoms with Crippen molar-refractivity contribution >= 4 is 0 Å². The molecule has 0 spiro atoms. The molecule has 0 atom stereocenters. The molecule has 1 saturated carbocycles. The predicted octanol–water partition coefficient (Wildman–Crippen LogP) is 8.17. The highest BCUT2D eigenvalue weighted by Crippen LogP contribution is 2.35. The third-order valence-electron chi connectivity index (χ3n) is 6.09. The zero-order valence-electron chi connectivity index (χ0n) is 16.9. The van der Waals surface area contributed by atoms with E-state index in [9.17, 15) is 22.0 Å². The van der Waals surface area contributed by atoms with Gasteiger partial charge in [0.1, 0.15) is 12.5 Å². The van der Waals surface area contributed by atoms with Crippen LogP contribution in [0.3, 0.4) is 0 Å².